The monoisotopic (exact) mass is 332 g/mol. The van der Waals surface area contributed by atoms with Crippen molar-refractivity contribution in [3.8, 4) is 5.75 Å². The molecule has 2 heterocycles. The fraction of sp³-hybridized carbons (Fsp3) is 0.444. The van der Waals surface area contributed by atoms with Crippen molar-refractivity contribution in [2.45, 2.75) is 39.2 Å². The molecule has 2 aromatic rings. The lowest BCUT2D eigenvalue weighted by molar-refractivity contribution is 0.0724. The highest BCUT2D eigenvalue weighted by atomic mass is 19.1. The summed E-state index contributed by atoms with van der Waals surface area (Å²) in [5.41, 5.74) is 0.813. The van der Waals surface area contributed by atoms with E-state index in [1.165, 1.54) is 25.3 Å². The number of hydrogen-bond acceptors (Lipinski definition) is 4. The Bertz CT molecular complexity index is 777. The number of oxazole rings is 1. The molecule has 1 amide bonds. The molecule has 24 heavy (non-hydrogen) atoms. The summed E-state index contributed by atoms with van der Waals surface area (Å²) in [6.07, 6.45) is 0.599. The average molecular weight is 332 g/mol. The van der Waals surface area contributed by atoms with Crippen LogP contribution < -0.4 is 4.74 Å². The molecule has 3 rings (SSSR count). The van der Waals surface area contributed by atoms with E-state index in [2.05, 4.69) is 4.98 Å². The molecule has 6 heteroatoms. The van der Waals surface area contributed by atoms with Crippen LogP contribution in [0.25, 0.3) is 0 Å². The third-order valence-corrected chi connectivity index (χ3v) is 4.05. The van der Waals surface area contributed by atoms with Crippen molar-refractivity contribution in [2.75, 3.05) is 13.7 Å². The first-order valence-corrected chi connectivity index (χ1v) is 7.91. The van der Waals surface area contributed by atoms with Gasteiger partial charge in [-0.2, -0.15) is 0 Å². The number of halogens is 1. The Morgan fingerprint density at radius 3 is 2.79 bits per heavy atom. The SMILES string of the molecule is COc1ccc(F)cc1C(=O)N1CCc2oc(C(C)(C)C)nc2C1. The maximum absolute atomic E-state index is 13.5. The van der Waals surface area contributed by atoms with Crippen molar-refractivity contribution in [1.29, 1.82) is 0 Å². The Hall–Kier alpha value is -2.37. The van der Waals surface area contributed by atoms with Gasteiger partial charge in [-0.15, -0.1) is 0 Å². The van der Waals surface area contributed by atoms with Gasteiger partial charge in [-0.25, -0.2) is 9.37 Å². The van der Waals surface area contributed by atoms with Gasteiger partial charge in [0.1, 0.15) is 23.0 Å². The molecule has 0 N–H and O–H groups in total. The van der Waals surface area contributed by atoms with Crippen molar-refractivity contribution < 1.29 is 18.3 Å². The minimum Gasteiger partial charge on any atom is -0.496 e. The number of rotatable bonds is 2. The summed E-state index contributed by atoms with van der Waals surface area (Å²) in [6, 6.07) is 3.95. The van der Waals surface area contributed by atoms with Crippen LogP contribution in [-0.2, 0) is 18.4 Å². The third-order valence-electron chi connectivity index (χ3n) is 4.05. The Morgan fingerprint density at radius 1 is 1.38 bits per heavy atom. The second-order valence-corrected chi connectivity index (χ2v) is 6.96. The molecule has 0 radical (unpaired) electrons. The predicted octanol–water partition coefficient (Wildman–Crippen LogP) is 3.32. The second-order valence-electron chi connectivity index (χ2n) is 6.96. The number of hydrogen-bond donors (Lipinski definition) is 0. The van der Waals surface area contributed by atoms with E-state index in [0.717, 1.165) is 11.5 Å². The van der Waals surface area contributed by atoms with Crippen LogP contribution in [0, 0.1) is 5.82 Å². The van der Waals surface area contributed by atoms with Crippen molar-refractivity contribution in [1.82, 2.24) is 9.88 Å². The van der Waals surface area contributed by atoms with Crippen LogP contribution in [0.2, 0.25) is 0 Å². The van der Waals surface area contributed by atoms with Crippen LogP contribution in [-0.4, -0.2) is 29.4 Å². The molecule has 0 saturated heterocycles. The number of aromatic nitrogens is 1. The summed E-state index contributed by atoms with van der Waals surface area (Å²) in [5.74, 6) is 1.13. The van der Waals surface area contributed by atoms with E-state index in [9.17, 15) is 9.18 Å². The van der Waals surface area contributed by atoms with E-state index in [1.807, 2.05) is 20.8 Å². The van der Waals surface area contributed by atoms with Gasteiger partial charge in [0.05, 0.1) is 19.2 Å². The van der Waals surface area contributed by atoms with E-state index in [-0.39, 0.29) is 16.9 Å². The first kappa shape index (κ1) is 16.5. The minimum absolute atomic E-state index is 0.183. The number of carbonyl (C=O) groups is 1. The van der Waals surface area contributed by atoms with Crippen molar-refractivity contribution in [3.63, 3.8) is 0 Å². The first-order chi connectivity index (χ1) is 11.3. The standard InChI is InChI=1S/C18H21FN2O3/c1-18(2,3)17-20-13-10-21(8-7-15(13)24-17)16(22)12-9-11(19)5-6-14(12)23-4/h5-6,9H,7-8,10H2,1-4H3. The number of carbonyl (C=O) groups excluding carboxylic acids is 1. The van der Waals surface area contributed by atoms with Crippen LogP contribution in [0.1, 0.15) is 48.5 Å². The van der Waals surface area contributed by atoms with Crippen LogP contribution in [0.4, 0.5) is 4.39 Å². The van der Waals surface area contributed by atoms with E-state index >= 15 is 0 Å². The summed E-state index contributed by atoms with van der Waals surface area (Å²) in [5, 5.41) is 0. The fourth-order valence-corrected chi connectivity index (χ4v) is 2.71. The molecule has 0 unspecified atom stereocenters. The maximum atomic E-state index is 13.5. The van der Waals surface area contributed by atoms with Crippen molar-refractivity contribution in [2.24, 2.45) is 0 Å². The molecule has 0 fully saturated rings. The second kappa shape index (κ2) is 5.92. The predicted molar refractivity (Wildman–Crippen MR) is 86.6 cm³/mol. The average Bonchev–Trinajstić information content (AvgIpc) is 2.97. The van der Waals surface area contributed by atoms with E-state index in [1.54, 1.807) is 4.90 Å². The van der Waals surface area contributed by atoms with Gasteiger partial charge in [0.15, 0.2) is 5.89 Å². The van der Waals surface area contributed by atoms with Crippen LogP contribution in [0.15, 0.2) is 22.6 Å². The molecule has 1 aromatic carbocycles. The molecule has 0 atom stereocenters. The fourth-order valence-electron chi connectivity index (χ4n) is 2.71. The van der Waals surface area contributed by atoms with Gasteiger partial charge >= 0.3 is 0 Å². The zero-order valence-corrected chi connectivity index (χ0v) is 14.4. The molecule has 0 spiro atoms. The number of fused-ring (bicyclic) bond motifs is 1. The number of methoxy groups -OCH3 is 1. The lowest BCUT2D eigenvalue weighted by atomic mass is 9.97. The largest absolute Gasteiger partial charge is 0.496 e. The number of benzene rings is 1. The molecule has 1 aliphatic heterocycles. The lowest BCUT2D eigenvalue weighted by Gasteiger charge is -2.26. The Balaban J connectivity index is 1.86. The normalized spacial score (nSPS) is 14.5. The molecular weight excluding hydrogens is 311 g/mol. The van der Waals surface area contributed by atoms with Gasteiger partial charge in [0.2, 0.25) is 0 Å². The molecule has 0 bridgehead atoms. The van der Waals surface area contributed by atoms with Gasteiger partial charge in [0, 0.05) is 18.4 Å². The number of nitrogens with zero attached hydrogens (tertiary/aromatic N) is 2. The topological polar surface area (TPSA) is 55.6 Å². The highest BCUT2D eigenvalue weighted by Gasteiger charge is 2.30. The van der Waals surface area contributed by atoms with Crippen LogP contribution in [0.5, 0.6) is 5.75 Å². The summed E-state index contributed by atoms with van der Waals surface area (Å²) >= 11 is 0. The van der Waals surface area contributed by atoms with E-state index < -0.39 is 5.82 Å². The number of ether oxygens (including phenoxy) is 1. The Morgan fingerprint density at radius 2 is 2.12 bits per heavy atom. The Kier molecular flexibility index (Phi) is 4.07. The zero-order chi connectivity index (χ0) is 17.5. The van der Waals surface area contributed by atoms with Gasteiger partial charge in [-0.1, -0.05) is 20.8 Å². The highest BCUT2D eigenvalue weighted by Crippen LogP contribution is 2.29. The zero-order valence-electron chi connectivity index (χ0n) is 14.4. The summed E-state index contributed by atoms with van der Waals surface area (Å²) in [7, 11) is 1.46. The van der Waals surface area contributed by atoms with E-state index in [0.29, 0.717) is 31.2 Å². The maximum Gasteiger partial charge on any atom is 0.258 e. The van der Waals surface area contributed by atoms with Crippen LogP contribution >= 0.6 is 0 Å². The molecule has 5 nitrogen and oxygen atoms in total. The molecule has 1 aliphatic rings. The summed E-state index contributed by atoms with van der Waals surface area (Å²) in [6.45, 7) is 6.96. The van der Waals surface area contributed by atoms with Crippen molar-refractivity contribution in [3.05, 3.63) is 46.9 Å². The molecular formula is C18H21FN2O3. The quantitative estimate of drug-likeness (QED) is 0.846. The smallest absolute Gasteiger partial charge is 0.258 e. The van der Waals surface area contributed by atoms with Gasteiger partial charge in [0.25, 0.3) is 5.91 Å². The Labute approximate surface area is 140 Å². The minimum atomic E-state index is -0.465. The van der Waals surface area contributed by atoms with Gasteiger partial charge in [-0.05, 0) is 18.2 Å². The van der Waals surface area contributed by atoms with E-state index in [4.69, 9.17) is 9.15 Å². The first-order valence-electron chi connectivity index (χ1n) is 7.91. The highest BCUT2D eigenvalue weighted by molar-refractivity contribution is 5.97. The van der Waals surface area contributed by atoms with Crippen LogP contribution in [0.3, 0.4) is 0 Å². The summed E-state index contributed by atoms with van der Waals surface area (Å²) < 4.78 is 24.5. The van der Waals surface area contributed by atoms with Gasteiger partial charge in [-0.3, -0.25) is 4.79 Å². The molecule has 128 valence electrons. The third kappa shape index (κ3) is 3.00. The lowest BCUT2D eigenvalue weighted by Crippen LogP contribution is -2.36. The molecule has 0 saturated carbocycles. The van der Waals surface area contributed by atoms with Crippen molar-refractivity contribution >= 4 is 5.91 Å². The van der Waals surface area contributed by atoms with Gasteiger partial charge < -0.3 is 14.1 Å². The molecule has 1 aromatic heterocycles. The molecule has 0 aliphatic carbocycles. The summed E-state index contributed by atoms with van der Waals surface area (Å²) in [4.78, 5) is 19.0. The number of amides is 1.